The summed E-state index contributed by atoms with van der Waals surface area (Å²) in [7, 11) is 0. The molecule has 0 aliphatic rings. The molecule has 1 aromatic rings. The first-order chi connectivity index (χ1) is 8.98. The van der Waals surface area contributed by atoms with Crippen LogP contribution in [0.25, 0.3) is 0 Å². The van der Waals surface area contributed by atoms with Crippen LogP contribution in [0, 0.1) is 5.41 Å². The second-order valence-corrected chi connectivity index (χ2v) is 6.05. The predicted octanol–water partition coefficient (Wildman–Crippen LogP) is 4.92. The maximum absolute atomic E-state index is 12.1. The van der Waals surface area contributed by atoms with E-state index in [0.717, 1.165) is 18.2 Å². The van der Waals surface area contributed by atoms with Crippen molar-refractivity contribution in [2.75, 3.05) is 11.9 Å². The average Bonchev–Trinajstić information content (AvgIpc) is 2.43. The topological polar surface area (TPSA) is 29.1 Å². The molecule has 2 nitrogen and oxygen atoms in total. The summed E-state index contributed by atoms with van der Waals surface area (Å²) in [6, 6.07) is 4.89. The van der Waals surface area contributed by atoms with Gasteiger partial charge in [0.05, 0.1) is 10.6 Å². The van der Waals surface area contributed by atoms with Crippen molar-refractivity contribution >= 4 is 45.0 Å². The molecule has 1 rings (SSSR count). The zero-order valence-corrected chi connectivity index (χ0v) is 14.2. The summed E-state index contributed by atoms with van der Waals surface area (Å²) < 4.78 is 0. The molecule has 1 amide bonds. The van der Waals surface area contributed by atoms with Crippen molar-refractivity contribution < 1.29 is 4.79 Å². The van der Waals surface area contributed by atoms with E-state index in [9.17, 15) is 4.79 Å². The van der Waals surface area contributed by atoms with Gasteiger partial charge in [-0.2, -0.15) is 0 Å². The molecule has 0 spiro atoms. The number of carbonyl (C=O) groups excluding carboxylic acids is 1. The highest BCUT2D eigenvalue weighted by Crippen LogP contribution is 2.28. The Labute approximate surface area is 133 Å². The van der Waals surface area contributed by atoms with Crippen molar-refractivity contribution in [1.29, 1.82) is 0 Å². The molecule has 0 aromatic heterocycles. The molecule has 1 aromatic carbocycles. The summed E-state index contributed by atoms with van der Waals surface area (Å²) >= 11 is 15.4. The summed E-state index contributed by atoms with van der Waals surface area (Å²) in [4.78, 5) is 12.1. The Bertz CT molecular complexity index is 439. The van der Waals surface area contributed by atoms with Gasteiger partial charge in [-0.25, -0.2) is 0 Å². The van der Waals surface area contributed by atoms with Gasteiger partial charge in [-0.05, 0) is 36.5 Å². The molecule has 0 aliphatic heterocycles. The lowest BCUT2D eigenvalue weighted by atomic mass is 9.84. The van der Waals surface area contributed by atoms with Gasteiger partial charge < -0.3 is 5.32 Å². The number of benzene rings is 1. The van der Waals surface area contributed by atoms with Crippen molar-refractivity contribution in [3.05, 3.63) is 33.8 Å². The van der Waals surface area contributed by atoms with Crippen molar-refractivity contribution in [2.24, 2.45) is 5.41 Å². The van der Waals surface area contributed by atoms with Gasteiger partial charge in [-0.3, -0.25) is 4.79 Å². The third-order valence-corrected chi connectivity index (χ3v) is 5.33. The van der Waals surface area contributed by atoms with E-state index in [1.807, 2.05) is 0 Å². The summed E-state index contributed by atoms with van der Waals surface area (Å²) in [5.74, 6) is -0.181. The highest BCUT2D eigenvalue weighted by Gasteiger charge is 2.25. The number of amides is 1. The number of alkyl halides is 1. The quantitative estimate of drug-likeness (QED) is 0.711. The number of carbonyl (C=O) groups is 1. The van der Waals surface area contributed by atoms with Crippen LogP contribution in [0.1, 0.15) is 37.0 Å². The van der Waals surface area contributed by atoms with Crippen LogP contribution in [0.4, 0.5) is 0 Å². The zero-order valence-electron chi connectivity index (χ0n) is 11.1. The lowest BCUT2D eigenvalue weighted by molar-refractivity contribution is 0.0932. The smallest absolute Gasteiger partial charge is 0.252 e. The van der Waals surface area contributed by atoms with Gasteiger partial charge in [0.15, 0.2) is 0 Å². The minimum Gasteiger partial charge on any atom is -0.351 e. The van der Waals surface area contributed by atoms with Gasteiger partial charge in [-0.15, -0.1) is 0 Å². The Balaban J connectivity index is 2.77. The molecule has 0 saturated heterocycles. The van der Waals surface area contributed by atoms with Crippen LogP contribution in [-0.4, -0.2) is 17.8 Å². The maximum Gasteiger partial charge on any atom is 0.252 e. The number of hydrogen-bond acceptors (Lipinski definition) is 1. The molecule has 0 unspecified atom stereocenters. The Morgan fingerprint density at radius 1 is 1.32 bits per heavy atom. The number of nitrogens with one attached hydrogen (secondary N) is 1. The molecule has 0 fully saturated rings. The normalized spacial score (nSPS) is 11.4. The second kappa shape index (κ2) is 7.51. The van der Waals surface area contributed by atoms with Gasteiger partial charge >= 0.3 is 0 Å². The highest BCUT2D eigenvalue weighted by molar-refractivity contribution is 9.09. The predicted molar refractivity (Wildman–Crippen MR) is 85.6 cm³/mol. The Kier molecular flexibility index (Phi) is 6.64. The molecule has 19 heavy (non-hydrogen) atoms. The van der Waals surface area contributed by atoms with E-state index >= 15 is 0 Å². The molecule has 0 atom stereocenters. The fraction of sp³-hybridized carbons (Fsp3) is 0.500. The van der Waals surface area contributed by atoms with Crippen LogP contribution in [0.15, 0.2) is 18.2 Å². The second-order valence-electron chi connectivity index (χ2n) is 4.65. The molecule has 1 N–H and O–H groups in total. The zero-order chi connectivity index (χ0) is 14.5. The van der Waals surface area contributed by atoms with Gasteiger partial charge in [0.1, 0.15) is 0 Å². The van der Waals surface area contributed by atoms with E-state index in [1.54, 1.807) is 18.2 Å². The van der Waals surface area contributed by atoms with E-state index in [1.165, 1.54) is 0 Å². The summed E-state index contributed by atoms with van der Waals surface area (Å²) in [6.07, 6.45) is 2.00. The standard InChI is InChI=1S/C14H18BrCl2NO/c1-3-14(4-2,8-15)9-18-13(19)11-7-10(16)5-6-12(11)17/h5-7H,3-4,8-9H2,1-2H3,(H,18,19). The first-order valence-corrected chi connectivity index (χ1v) is 8.15. The number of halogens is 3. The monoisotopic (exact) mass is 365 g/mol. The van der Waals surface area contributed by atoms with Gasteiger partial charge in [0.2, 0.25) is 0 Å². The van der Waals surface area contributed by atoms with Crippen LogP contribution in [0.3, 0.4) is 0 Å². The average molecular weight is 367 g/mol. The lowest BCUT2D eigenvalue weighted by Gasteiger charge is -2.29. The Hall–Kier alpha value is -0.250. The Morgan fingerprint density at radius 2 is 1.95 bits per heavy atom. The van der Waals surface area contributed by atoms with Crippen LogP contribution >= 0.6 is 39.1 Å². The van der Waals surface area contributed by atoms with E-state index < -0.39 is 0 Å². The molecule has 5 heteroatoms. The minimum atomic E-state index is -0.181. The van der Waals surface area contributed by atoms with Crippen LogP contribution in [-0.2, 0) is 0 Å². The summed E-state index contributed by atoms with van der Waals surface area (Å²) in [6.45, 7) is 4.87. The van der Waals surface area contributed by atoms with E-state index in [0.29, 0.717) is 22.2 Å². The van der Waals surface area contributed by atoms with Crippen molar-refractivity contribution in [2.45, 2.75) is 26.7 Å². The van der Waals surface area contributed by atoms with Crippen LogP contribution in [0.5, 0.6) is 0 Å². The summed E-state index contributed by atoms with van der Waals surface area (Å²) in [5.41, 5.74) is 0.505. The molecular weight excluding hydrogens is 349 g/mol. The van der Waals surface area contributed by atoms with Crippen LogP contribution in [0.2, 0.25) is 10.0 Å². The molecule has 0 saturated carbocycles. The van der Waals surface area contributed by atoms with Crippen molar-refractivity contribution in [3.63, 3.8) is 0 Å². The van der Waals surface area contributed by atoms with Gasteiger partial charge in [-0.1, -0.05) is 53.0 Å². The molecule has 0 bridgehead atoms. The maximum atomic E-state index is 12.1. The van der Waals surface area contributed by atoms with E-state index in [-0.39, 0.29) is 11.3 Å². The van der Waals surface area contributed by atoms with Crippen molar-refractivity contribution in [3.8, 4) is 0 Å². The highest BCUT2D eigenvalue weighted by atomic mass is 79.9. The van der Waals surface area contributed by atoms with Gasteiger partial charge in [0.25, 0.3) is 5.91 Å². The fourth-order valence-corrected chi connectivity index (χ4v) is 3.14. The first-order valence-electron chi connectivity index (χ1n) is 6.27. The van der Waals surface area contributed by atoms with Crippen LogP contribution < -0.4 is 5.32 Å². The minimum absolute atomic E-state index is 0.0840. The third kappa shape index (κ3) is 4.37. The number of rotatable bonds is 6. The third-order valence-electron chi connectivity index (χ3n) is 3.58. The Morgan fingerprint density at radius 3 is 2.47 bits per heavy atom. The SMILES string of the molecule is CCC(CC)(CBr)CNC(=O)c1cc(Cl)ccc1Cl. The molecule has 106 valence electrons. The molecular formula is C14H18BrCl2NO. The molecule has 0 heterocycles. The summed E-state index contributed by atoms with van der Waals surface area (Å²) in [5, 5.41) is 4.73. The number of hydrogen-bond donors (Lipinski definition) is 1. The molecule has 0 radical (unpaired) electrons. The molecule has 0 aliphatic carbocycles. The largest absolute Gasteiger partial charge is 0.351 e. The van der Waals surface area contributed by atoms with Gasteiger partial charge in [0, 0.05) is 16.9 Å². The first kappa shape index (κ1) is 16.8. The lowest BCUT2D eigenvalue weighted by Crippen LogP contribution is -2.38. The van der Waals surface area contributed by atoms with E-state index in [2.05, 4.69) is 35.1 Å². The van der Waals surface area contributed by atoms with E-state index in [4.69, 9.17) is 23.2 Å². The fourth-order valence-electron chi connectivity index (χ4n) is 1.77. The van der Waals surface area contributed by atoms with Crippen molar-refractivity contribution in [1.82, 2.24) is 5.32 Å².